The summed E-state index contributed by atoms with van der Waals surface area (Å²) in [4.78, 5) is 16.9. The van der Waals surface area contributed by atoms with Gasteiger partial charge in [-0.1, -0.05) is 6.07 Å². The highest BCUT2D eigenvalue weighted by molar-refractivity contribution is 7.99. The number of fused-ring (bicyclic) bond motifs is 1. The van der Waals surface area contributed by atoms with E-state index in [1.807, 2.05) is 35.0 Å². The SMILES string of the molecule is O=C(CCSc1ccc(F)c(F)c1)NCCc1cn2ccccc2n1. The van der Waals surface area contributed by atoms with Gasteiger partial charge in [0.15, 0.2) is 11.6 Å². The van der Waals surface area contributed by atoms with Crippen molar-refractivity contribution in [3.63, 3.8) is 0 Å². The molecular weight excluding hydrogens is 344 g/mol. The van der Waals surface area contributed by atoms with Crippen molar-refractivity contribution < 1.29 is 13.6 Å². The second-order valence-corrected chi connectivity index (χ2v) is 6.64. The molecule has 1 amide bonds. The maximum absolute atomic E-state index is 13.1. The van der Waals surface area contributed by atoms with Crippen LogP contribution in [0.2, 0.25) is 0 Å². The summed E-state index contributed by atoms with van der Waals surface area (Å²) in [6.45, 7) is 0.512. The third-order valence-electron chi connectivity index (χ3n) is 3.61. The number of nitrogens with zero attached hydrogens (tertiary/aromatic N) is 2. The van der Waals surface area contributed by atoms with Gasteiger partial charge in [-0.3, -0.25) is 4.79 Å². The molecule has 1 N–H and O–H groups in total. The number of thioether (sulfide) groups is 1. The van der Waals surface area contributed by atoms with E-state index in [9.17, 15) is 13.6 Å². The molecule has 2 aromatic heterocycles. The number of pyridine rings is 1. The number of carbonyl (C=O) groups is 1. The Bertz CT molecular complexity index is 849. The minimum absolute atomic E-state index is 0.0705. The molecule has 0 atom stereocenters. The van der Waals surface area contributed by atoms with Crippen LogP contribution in [0.4, 0.5) is 8.78 Å². The number of hydrogen-bond acceptors (Lipinski definition) is 3. The van der Waals surface area contributed by atoms with Gasteiger partial charge >= 0.3 is 0 Å². The average molecular weight is 361 g/mol. The second-order valence-electron chi connectivity index (χ2n) is 5.47. The van der Waals surface area contributed by atoms with Crippen molar-refractivity contribution in [1.29, 1.82) is 0 Å². The molecule has 2 heterocycles. The van der Waals surface area contributed by atoms with Crippen LogP contribution in [0.25, 0.3) is 5.65 Å². The predicted molar refractivity (Wildman–Crippen MR) is 93.6 cm³/mol. The average Bonchev–Trinajstić information content (AvgIpc) is 3.01. The van der Waals surface area contributed by atoms with E-state index in [1.54, 1.807) is 0 Å². The van der Waals surface area contributed by atoms with E-state index in [-0.39, 0.29) is 5.91 Å². The molecule has 0 aliphatic carbocycles. The topological polar surface area (TPSA) is 46.4 Å². The van der Waals surface area contributed by atoms with Gasteiger partial charge in [-0.2, -0.15) is 0 Å². The number of hydrogen-bond donors (Lipinski definition) is 1. The first-order chi connectivity index (χ1) is 12.1. The zero-order valence-corrected chi connectivity index (χ0v) is 14.2. The van der Waals surface area contributed by atoms with Gasteiger partial charge in [-0.25, -0.2) is 13.8 Å². The van der Waals surface area contributed by atoms with Gasteiger partial charge in [0.25, 0.3) is 0 Å². The van der Waals surface area contributed by atoms with E-state index < -0.39 is 11.6 Å². The molecule has 0 saturated carbocycles. The van der Waals surface area contributed by atoms with Crippen molar-refractivity contribution in [3.8, 4) is 0 Å². The van der Waals surface area contributed by atoms with Gasteiger partial charge in [0.05, 0.1) is 5.69 Å². The smallest absolute Gasteiger partial charge is 0.220 e. The maximum Gasteiger partial charge on any atom is 0.220 e. The molecule has 3 rings (SSSR count). The highest BCUT2D eigenvalue weighted by Gasteiger charge is 2.06. The molecule has 7 heteroatoms. The Morgan fingerprint density at radius 2 is 2.08 bits per heavy atom. The lowest BCUT2D eigenvalue weighted by molar-refractivity contribution is -0.120. The lowest BCUT2D eigenvalue weighted by Gasteiger charge is -2.04. The van der Waals surface area contributed by atoms with Gasteiger partial charge in [-0.05, 0) is 30.3 Å². The summed E-state index contributed by atoms with van der Waals surface area (Å²) < 4.78 is 27.9. The number of nitrogens with one attached hydrogen (secondary N) is 1. The van der Waals surface area contributed by atoms with Crippen LogP contribution in [-0.4, -0.2) is 27.6 Å². The molecule has 0 bridgehead atoms. The largest absolute Gasteiger partial charge is 0.356 e. The first kappa shape index (κ1) is 17.4. The molecule has 4 nitrogen and oxygen atoms in total. The van der Waals surface area contributed by atoms with Crippen LogP contribution in [0.3, 0.4) is 0 Å². The van der Waals surface area contributed by atoms with Gasteiger partial charge in [0.2, 0.25) is 5.91 Å². The van der Waals surface area contributed by atoms with Crippen molar-refractivity contribution >= 4 is 23.3 Å². The molecule has 0 unspecified atom stereocenters. The Hall–Kier alpha value is -2.41. The van der Waals surface area contributed by atoms with Crippen molar-refractivity contribution in [2.75, 3.05) is 12.3 Å². The number of benzene rings is 1. The van der Waals surface area contributed by atoms with Gasteiger partial charge in [0, 0.05) is 42.4 Å². The van der Waals surface area contributed by atoms with Crippen molar-refractivity contribution in [2.24, 2.45) is 0 Å². The number of amides is 1. The van der Waals surface area contributed by atoms with E-state index in [2.05, 4.69) is 10.3 Å². The maximum atomic E-state index is 13.1. The summed E-state index contributed by atoms with van der Waals surface area (Å²) in [6.07, 6.45) is 4.85. The lowest BCUT2D eigenvalue weighted by Crippen LogP contribution is -2.25. The number of rotatable bonds is 7. The van der Waals surface area contributed by atoms with E-state index in [0.29, 0.717) is 30.0 Å². The van der Waals surface area contributed by atoms with Gasteiger partial charge < -0.3 is 9.72 Å². The summed E-state index contributed by atoms with van der Waals surface area (Å²) in [7, 11) is 0. The van der Waals surface area contributed by atoms with Crippen LogP contribution in [0.1, 0.15) is 12.1 Å². The minimum atomic E-state index is -0.873. The first-order valence-electron chi connectivity index (χ1n) is 7.89. The zero-order valence-electron chi connectivity index (χ0n) is 13.4. The summed E-state index contributed by atoms with van der Waals surface area (Å²) in [6, 6.07) is 9.53. The molecule has 0 saturated heterocycles. The molecule has 0 spiro atoms. The zero-order chi connectivity index (χ0) is 17.6. The standard InChI is InChI=1S/C18H17F2N3OS/c19-15-5-4-14(11-16(15)20)25-10-7-18(24)21-8-6-13-12-23-9-2-1-3-17(23)22-13/h1-5,9,11-12H,6-8,10H2,(H,21,24). The second kappa shape index (κ2) is 8.11. The molecule has 3 aromatic rings. The van der Waals surface area contributed by atoms with Crippen molar-refractivity contribution in [3.05, 3.63) is 66.1 Å². The van der Waals surface area contributed by atoms with E-state index in [1.165, 1.54) is 17.8 Å². The molecule has 0 aliphatic rings. The molecule has 0 fully saturated rings. The minimum Gasteiger partial charge on any atom is -0.356 e. The molecular formula is C18H17F2N3OS. The fourth-order valence-electron chi connectivity index (χ4n) is 2.35. The number of imidazole rings is 1. The van der Waals surface area contributed by atoms with Crippen LogP contribution in [0, 0.1) is 11.6 Å². The van der Waals surface area contributed by atoms with Crippen molar-refractivity contribution in [2.45, 2.75) is 17.7 Å². The fourth-order valence-corrected chi connectivity index (χ4v) is 3.23. The lowest BCUT2D eigenvalue weighted by atomic mass is 10.3. The summed E-state index contributed by atoms with van der Waals surface area (Å²) in [5.41, 5.74) is 1.80. The summed E-state index contributed by atoms with van der Waals surface area (Å²) in [5.74, 6) is -1.31. The predicted octanol–water partition coefficient (Wildman–Crippen LogP) is 3.45. The summed E-state index contributed by atoms with van der Waals surface area (Å²) in [5, 5.41) is 2.85. The van der Waals surface area contributed by atoms with E-state index in [4.69, 9.17) is 0 Å². The number of aromatic nitrogens is 2. The van der Waals surface area contributed by atoms with E-state index in [0.717, 1.165) is 23.5 Å². The van der Waals surface area contributed by atoms with Crippen LogP contribution >= 0.6 is 11.8 Å². The summed E-state index contributed by atoms with van der Waals surface area (Å²) >= 11 is 1.32. The quantitative estimate of drug-likeness (QED) is 0.656. The van der Waals surface area contributed by atoms with Crippen LogP contribution < -0.4 is 5.32 Å². The Balaban J connectivity index is 1.38. The fraction of sp³-hybridized carbons (Fsp3) is 0.222. The van der Waals surface area contributed by atoms with Gasteiger partial charge in [0.1, 0.15) is 5.65 Å². The monoisotopic (exact) mass is 361 g/mol. The Kier molecular flexibility index (Phi) is 5.65. The third-order valence-corrected chi connectivity index (χ3v) is 4.60. The normalized spacial score (nSPS) is 11.0. The third kappa shape index (κ3) is 4.79. The number of carbonyl (C=O) groups excluding carboxylic acids is 1. The first-order valence-corrected chi connectivity index (χ1v) is 8.87. The van der Waals surface area contributed by atoms with Crippen LogP contribution in [0.15, 0.2) is 53.7 Å². The highest BCUT2D eigenvalue weighted by Crippen LogP contribution is 2.20. The highest BCUT2D eigenvalue weighted by atomic mass is 32.2. The number of halogens is 2. The van der Waals surface area contributed by atoms with Crippen LogP contribution in [0.5, 0.6) is 0 Å². The van der Waals surface area contributed by atoms with Crippen LogP contribution in [-0.2, 0) is 11.2 Å². The van der Waals surface area contributed by atoms with Gasteiger partial charge in [-0.15, -0.1) is 11.8 Å². The Labute approximate surface area is 148 Å². The Morgan fingerprint density at radius 3 is 2.88 bits per heavy atom. The molecule has 25 heavy (non-hydrogen) atoms. The molecule has 0 aliphatic heterocycles. The van der Waals surface area contributed by atoms with E-state index >= 15 is 0 Å². The molecule has 0 radical (unpaired) electrons. The van der Waals surface area contributed by atoms with Crippen molar-refractivity contribution in [1.82, 2.24) is 14.7 Å². The Morgan fingerprint density at radius 1 is 1.20 bits per heavy atom. The molecule has 1 aromatic carbocycles. The molecule has 130 valence electrons.